The Morgan fingerprint density at radius 2 is 1.91 bits per heavy atom. The van der Waals surface area contributed by atoms with Crippen molar-refractivity contribution in [2.75, 3.05) is 5.33 Å². The van der Waals surface area contributed by atoms with Gasteiger partial charge in [-0.05, 0) is 26.7 Å². The van der Waals surface area contributed by atoms with E-state index in [-0.39, 0.29) is 5.41 Å². The van der Waals surface area contributed by atoms with Crippen LogP contribution in [0.4, 0.5) is 0 Å². The molecular weight excluding hydrogens is 202 g/mol. The number of nitriles is 1. The van der Waals surface area contributed by atoms with Crippen molar-refractivity contribution < 1.29 is 0 Å². The van der Waals surface area contributed by atoms with Gasteiger partial charge < -0.3 is 0 Å². The zero-order valence-electron chi connectivity index (χ0n) is 7.36. The summed E-state index contributed by atoms with van der Waals surface area (Å²) in [7, 11) is 0. The van der Waals surface area contributed by atoms with E-state index >= 15 is 0 Å². The van der Waals surface area contributed by atoms with Crippen LogP contribution >= 0.6 is 15.9 Å². The van der Waals surface area contributed by atoms with Crippen LogP contribution in [0, 0.1) is 16.7 Å². The highest BCUT2D eigenvalue weighted by Gasteiger charge is 2.14. The van der Waals surface area contributed by atoms with E-state index in [1.807, 2.05) is 13.8 Å². The second-order valence-electron chi connectivity index (χ2n) is 3.50. The van der Waals surface area contributed by atoms with Gasteiger partial charge in [-0.15, -0.1) is 0 Å². The smallest absolute Gasteiger partial charge is 0.0683 e. The number of hydrogen-bond acceptors (Lipinski definition) is 1. The fourth-order valence-corrected chi connectivity index (χ4v) is 1.29. The molecule has 0 aliphatic heterocycles. The third-order valence-corrected chi connectivity index (χ3v) is 2.30. The van der Waals surface area contributed by atoms with Gasteiger partial charge >= 0.3 is 0 Å². The van der Waals surface area contributed by atoms with Crippen LogP contribution in [0.15, 0.2) is 0 Å². The standard InChI is InChI=1S/C9H16BrN/c1-9(2,8-11)6-4-3-5-7-10/h3-7H2,1-2H3. The van der Waals surface area contributed by atoms with Crippen LogP contribution in [0.1, 0.15) is 39.5 Å². The normalized spacial score (nSPS) is 11.1. The molecule has 0 amide bonds. The second kappa shape index (κ2) is 5.60. The maximum Gasteiger partial charge on any atom is 0.0683 e. The molecule has 0 aromatic rings. The molecule has 0 radical (unpaired) electrons. The Balaban J connectivity index is 3.32. The quantitative estimate of drug-likeness (QED) is 0.511. The lowest BCUT2D eigenvalue weighted by Crippen LogP contribution is -2.06. The van der Waals surface area contributed by atoms with E-state index in [2.05, 4.69) is 22.0 Å². The van der Waals surface area contributed by atoms with Crippen LogP contribution in [-0.2, 0) is 0 Å². The van der Waals surface area contributed by atoms with Crippen LogP contribution in [-0.4, -0.2) is 5.33 Å². The monoisotopic (exact) mass is 217 g/mol. The van der Waals surface area contributed by atoms with Gasteiger partial charge in [-0.1, -0.05) is 28.8 Å². The summed E-state index contributed by atoms with van der Waals surface area (Å²) in [6.45, 7) is 4.00. The van der Waals surface area contributed by atoms with E-state index in [0.717, 1.165) is 11.8 Å². The molecule has 0 aliphatic carbocycles. The summed E-state index contributed by atoms with van der Waals surface area (Å²) in [6, 6.07) is 2.31. The zero-order chi connectivity index (χ0) is 8.74. The molecule has 0 saturated carbocycles. The molecular formula is C9H16BrN. The first kappa shape index (κ1) is 11.0. The van der Waals surface area contributed by atoms with Crippen molar-refractivity contribution in [2.45, 2.75) is 39.5 Å². The fraction of sp³-hybridized carbons (Fsp3) is 0.889. The minimum atomic E-state index is -0.119. The predicted molar refractivity (Wildman–Crippen MR) is 51.7 cm³/mol. The Hall–Kier alpha value is -0.0300. The summed E-state index contributed by atoms with van der Waals surface area (Å²) >= 11 is 3.38. The Labute approximate surface area is 77.9 Å². The summed E-state index contributed by atoms with van der Waals surface area (Å²) < 4.78 is 0. The fourth-order valence-electron chi connectivity index (χ4n) is 0.894. The van der Waals surface area contributed by atoms with Crippen molar-refractivity contribution in [3.8, 4) is 6.07 Å². The average Bonchev–Trinajstić information content (AvgIpc) is 1.99. The lowest BCUT2D eigenvalue weighted by molar-refractivity contribution is 0.426. The molecule has 11 heavy (non-hydrogen) atoms. The molecule has 0 aromatic heterocycles. The maximum absolute atomic E-state index is 8.69. The van der Waals surface area contributed by atoms with Crippen LogP contribution in [0.2, 0.25) is 0 Å². The average molecular weight is 218 g/mol. The molecule has 0 saturated heterocycles. The molecule has 0 atom stereocenters. The molecule has 64 valence electrons. The van der Waals surface area contributed by atoms with Crippen LogP contribution < -0.4 is 0 Å². The largest absolute Gasteiger partial charge is 0.198 e. The molecule has 0 heterocycles. The summed E-state index contributed by atoms with van der Waals surface area (Å²) in [4.78, 5) is 0. The van der Waals surface area contributed by atoms with Crippen molar-refractivity contribution in [3.05, 3.63) is 0 Å². The summed E-state index contributed by atoms with van der Waals surface area (Å²) in [5.41, 5.74) is -0.119. The van der Waals surface area contributed by atoms with Gasteiger partial charge in [-0.3, -0.25) is 0 Å². The van der Waals surface area contributed by atoms with Gasteiger partial charge in [-0.25, -0.2) is 0 Å². The van der Waals surface area contributed by atoms with Gasteiger partial charge in [0.1, 0.15) is 0 Å². The van der Waals surface area contributed by atoms with E-state index in [1.54, 1.807) is 0 Å². The highest BCUT2D eigenvalue weighted by atomic mass is 79.9. The van der Waals surface area contributed by atoms with Crippen LogP contribution in [0.5, 0.6) is 0 Å². The van der Waals surface area contributed by atoms with Crippen LogP contribution in [0.3, 0.4) is 0 Å². The van der Waals surface area contributed by atoms with E-state index in [4.69, 9.17) is 5.26 Å². The first-order valence-electron chi connectivity index (χ1n) is 4.09. The summed E-state index contributed by atoms with van der Waals surface area (Å²) in [5, 5.41) is 9.77. The van der Waals surface area contributed by atoms with Gasteiger partial charge in [0, 0.05) is 5.33 Å². The molecule has 0 bridgehead atoms. The summed E-state index contributed by atoms with van der Waals surface area (Å²) in [5.74, 6) is 0. The van der Waals surface area contributed by atoms with E-state index in [0.29, 0.717) is 0 Å². The molecule has 0 aromatic carbocycles. The van der Waals surface area contributed by atoms with Crippen molar-refractivity contribution >= 4 is 15.9 Å². The maximum atomic E-state index is 8.69. The zero-order valence-corrected chi connectivity index (χ0v) is 8.95. The Morgan fingerprint density at radius 3 is 2.36 bits per heavy atom. The Morgan fingerprint density at radius 1 is 1.27 bits per heavy atom. The highest BCUT2D eigenvalue weighted by molar-refractivity contribution is 9.09. The first-order chi connectivity index (χ1) is 5.12. The van der Waals surface area contributed by atoms with Crippen molar-refractivity contribution in [2.24, 2.45) is 5.41 Å². The molecule has 0 aliphatic rings. The molecule has 0 N–H and O–H groups in total. The van der Waals surface area contributed by atoms with Crippen molar-refractivity contribution in [1.82, 2.24) is 0 Å². The van der Waals surface area contributed by atoms with E-state index < -0.39 is 0 Å². The number of halogens is 1. The van der Waals surface area contributed by atoms with Gasteiger partial charge in [-0.2, -0.15) is 5.26 Å². The molecule has 0 rings (SSSR count). The third-order valence-electron chi connectivity index (χ3n) is 1.74. The van der Waals surface area contributed by atoms with E-state index in [1.165, 1.54) is 19.3 Å². The molecule has 2 heteroatoms. The predicted octanol–water partition coefficient (Wildman–Crippen LogP) is 3.49. The number of unbranched alkanes of at least 4 members (excludes halogenated alkanes) is 2. The van der Waals surface area contributed by atoms with Gasteiger partial charge in [0.25, 0.3) is 0 Å². The lowest BCUT2D eigenvalue weighted by atomic mass is 9.89. The minimum absolute atomic E-state index is 0.119. The Kier molecular flexibility index (Phi) is 5.58. The number of hydrogen-bond donors (Lipinski definition) is 0. The topological polar surface area (TPSA) is 23.8 Å². The minimum Gasteiger partial charge on any atom is -0.198 e. The van der Waals surface area contributed by atoms with Crippen molar-refractivity contribution in [1.29, 1.82) is 5.26 Å². The number of rotatable bonds is 5. The SMILES string of the molecule is CC(C)(C#N)CCCCCBr. The molecule has 0 spiro atoms. The van der Waals surface area contributed by atoms with E-state index in [9.17, 15) is 0 Å². The van der Waals surface area contributed by atoms with Gasteiger partial charge in [0.05, 0.1) is 11.5 Å². The molecule has 0 unspecified atom stereocenters. The number of nitrogens with zero attached hydrogens (tertiary/aromatic N) is 1. The van der Waals surface area contributed by atoms with Crippen LogP contribution in [0.25, 0.3) is 0 Å². The number of alkyl halides is 1. The van der Waals surface area contributed by atoms with Crippen molar-refractivity contribution in [3.63, 3.8) is 0 Å². The Bertz CT molecular complexity index is 135. The van der Waals surface area contributed by atoms with Gasteiger partial charge in [0.15, 0.2) is 0 Å². The highest BCUT2D eigenvalue weighted by Crippen LogP contribution is 2.22. The van der Waals surface area contributed by atoms with Gasteiger partial charge in [0.2, 0.25) is 0 Å². The first-order valence-corrected chi connectivity index (χ1v) is 5.22. The third kappa shape index (κ3) is 6.37. The molecule has 1 nitrogen and oxygen atoms in total. The summed E-state index contributed by atoms with van der Waals surface area (Å²) in [6.07, 6.45) is 4.65. The second-order valence-corrected chi connectivity index (χ2v) is 4.29. The lowest BCUT2D eigenvalue weighted by Gasteiger charge is -2.13. The molecule has 0 fully saturated rings.